The van der Waals surface area contributed by atoms with Gasteiger partial charge in [0.1, 0.15) is 11.8 Å². The van der Waals surface area contributed by atoms with Gasteiger partial charge in [-0.3, -0.25) is 3.97 Å². The Labute approximate surface area is 108 Å². The number of aromatic nitrogens is 2. The number of hydrogen-bond acceptors (Lipinski definition) is 3. The van der Waals surface area contributed by atoms with E-state index < -0.39 is 16.5 Å². The molecular weight excluding hydrogens is 246 g/mol. The lowest BCUT2D eigenvalue weighted by molar-refractivity contribution is 0.268. The number of aliphatic imine (C=N–C) groups is 1. The van der Waals surface area contributed by atoms with Crippen LogP contribution in [-0.2, 0) is 0 Å². The fourth-order valence-corrected chi connectivity index (χ4v) is 4.34. The van der Waals surface area contributed by atoms with Gasteiger partial charge in [-0.2, -0.15) is 0 Å². The van der Waals surface area contributed by atoms with Crippen LogP contribution in [0, 0.1) is 0 Å². The second kappa shape index (κ2) is 4.59. The van der Waals surface area contributed by atoms with Gasteiger partial charge < -0.3 is 5.11 Å². The number of fused-ring (bicyclic) bond motifs is 1. The summed E-state index contributed by atoms with van der Waals surface area (Å²) in [4.78, 5) is 8.64. The molecular formula is C13H15N3OS. The quantitative estimate of drug-likeness (QED) is 0.835. The van der Waals surface area contributed by atoms with Gasteiger partial charge >= 0.3 is 0 Å². The lowest BCUT2D eigenvalue weighted by atomic mass is 10.2. The van der Waals surface area contributed by atoms with Crippen molar-refractivity contribution in [3.63, 3.8) is 0 Å². The Bertz CT molecular complexity index is 579. The van der Waals surface area contributed by atoms with E-state index in [2.05, 4.69) is 16.9 Å². The predicted molar refractivity (Wildman–Crippen MR) is 75.4 cm³/mol. The highest BCUT2D eigenvalue weighted by Gasteiger charge is 2.28. The van der Waals surface area contributed by atoms with Gasteiger partial charge in [0.25, 0.3) is 0 Å². The van der Waals surface area contributed by atoms with Crippen LogP contribution in [0.25, 0.3) is 0 Å². The molecule has 1 aromatic carbocycles. The highest BCUT2D eigenvalue weighted by molar-refractivity contribution is 8.29. The molecule has 0 radical (unpaired) electrons. The molecule has 18 heavy (non-hydrogen) atoms. The fourth-order valence-electron chi connectivity index (χ4n) is 2.10. The molecule has 1 aliphatic heterocycles. The zero-order valence-electron chi connectivity index (χ0n) is 10.1. The van der Waals surface area contributed by atoms with Crippen LogP contribution in [0.2, 0.25) is 0 Å². The lowest BCUT2D eigenvalue weighted by Gasteiger charge is -2.25. The molecule has 2 aromatic rings. The van der Waals surface area contributed by atoms with Crippen molar-refractivity contribution in [2.24, 2.45) is 4.99 Å². The van der Waals surface area contributed by atoms with Crippen molar-refractivity contribution in [2.45, 2.75) is 18.8 Å². The summed E-state index contributed by atoms with van der Waals surface area (Å²) >= 11 is -0.865. The van der Waals surface area contributed by atoms with Crippen molar-refractivity contribution in [3.8, 4) is 0 Å². The molecule has 0 saturated heterocycles. The minimum atomic E-state index is -0.865. The Hall–Kier alpha value is -1.59. The minimum absolute atomic E-state index is 0.518. The number of aliphatic hydroxyl groups excluding tert-OH is 1. The molecule has 94 valence electrons. The maximum atomic E-state index is 10.6. The van der Waals surface area contributed by atoms with E-state index in [4.69, 9.17) is 0 Å². The molecule has 1 N–H and O–H groups in total. The van der Waals surface area contributed by atoms with Crippen LogP contribution in [0.3, 0.4) is 0 Å². The maximum absolute atomic E-state index is 10.6. The van der Waals surface area contributed by atoms with Crippen LogP contribution in [-0.4, -0.2) is 19.1 Å². The molecule has 0 amide bonds. The molecule has 0 bridgehead atoms. The van der Waals surface area contributed by atoms with Gasteiger partial charge in [-0.05, 0) is 12.0 Å². The van der Waals surface area contributed by atoms with E-state index in [1.807, 2.05) is 34.3 Å². The molecule has 5 heteroatoms. The Morgan fingerprint density at radius 1 is 1.33 bits per heavy atom. The van der Waals surface area contributed by atoms with Gasteiger partial charge in [-0.25, -0.2) is 9.98 Å². The summed E-state index contributed by atoms with van der Waals surface area (Å²) in [6, 6.07) is 9.75. The van der Waals surface area contributed by atoms with Crippen molar-refractivity contribution in [1.29, 1.82) is 0 Å². The SMILES string of the molecule is CCC1=Nc2cncn2[SH]1C(O)c1ccccc1. The summed E-state index contributed by atoms with van der Waals surface area (Å²) in [7, 11) is 0. The Morgan fingerprint density at radius 2 is 2.11 bits per heavy atom. The number of imidazole rings is 1. The van der Waals surface area contributed by atoms with Gasteiger partial charge in [-0.1, -0.05) is 48.3 Å². The van der Waals surface area contributed by atoms with E-state index in [1.165, 1.54) is 0 Å². The maximum Gasteiger partial charge on any atom is 0.162 e. The predicted octanol–water partition coefficient (Wildman–Crippen LogP) is 2.79. The van der Waals surface area contributed by atoms with Crippen LogP contribution in [0.1, 0.15) is 24.3 Å². The van der Waals surface area contributed by atoms with Crippen LogP contribution < -0.4 is 0 Å². The summed E-state index contributed by atoms with van der Waals surface area (Å²) in [5, 5.41) is 11.7. The van der Waals surface area contributed by atoms with Gasteiger partial charge in [-0.15, -0.1) is 0 Å². The highest BCUT2D eigenvalue weighted by atomic mass is 32.2. The first-order valence-electron chi connectivity index (χ1n) is 5.93. The van der Waals surface area contributed by atoms with E-state index in [1.54, 1.807) is 12.5 Å². The lowest BCUT2D eigenvalue weighted by Crippen LogP contribution is -2.09. The van der Waals surface area contributed by atoms with Crippen molar-refractivity contribution in [3.05, 3.63) is 48.4 Å². The summed E-state index contributed by atoms with van der Waals surface area (Å²) in [5.74, 6) is 0.855. The highest BCUT2D eigenvalue weighted by Crippen LogP contribution is 2.50. The fraction of sp³-hybridized carbons (Fsp3) is 0.231. The van der Waals surface area contributed by atoms with E-state index in [-0.39, 0.29) is 0 Å². The zero-order valence-corrected chi connectivity index (χ0v) is 11.0. The number of thiol groups is 1. The molecule has 0 aliphatic carbocycles. The first kappa shape index (κ1) is 11.5. The number of hydrogen-bond donors (Lipinski definition) is 2. The van der Waals surface area contributed by atoms with Crippen LogP contribution in [0.15, 0.2) is 47.8 Å². The van der Waals surface area contributed by atoms with Crippen molar-refractivity contribution < 1.29 is 5.11 Å². The smallest absolute Gasteiger partial charge is 0.162 e. The molecule has 0 fully saturated rings. The second-order valence-corrected chi connectivity index (χ2v) is 6.23. The third-order valence-corrected chi connectivity index (χ3v) is 5.47. The van der Waals surface area contributed by atoms with E-state index >= 15 is 0 Å². The van der Waals surface area contributed by atoms with Gasteiger partial charge in [0.15, 0.2) is 5.82 Å². The average molecular weight is 261 g/mol. The molecule has 2 unspecified atom stereocenters. The third-order valence-electron chi connectivity index (χ3n) is 2.99. The average Bonchev–Trinajstić information content (AvgIpc) is 2.98. The third kappa shape index (κ3) is 1.76. The molecule has 4 nitrogen and oxygen atoms in total. The molecule has 0 saturated carbocycles. The monoisotopic (exact) mass is 261 g/mol. The number of benzene rings is 1. The molecule has 0 spiro atoms. The van der Waals surface area contributed by atoms with Crippen molar-refractivity contribution in [2.75, 3.05) is 0 Å². The van der Waals surface area contributed by atoms with Crippen LogP contribution >= 0.6 is 11.1 Å². The molecule has 1 aromatic heterocycles. The van der Waals surface area contributed by atoms with E-state index in [0.717, 1.165) is 22.8 Å². The number of aliphatic hydroxyl groups is 1. The van der Waals surface area contributed by atoms with Crippen molar-refractivity contribution >= 4 is 21.9 Å². The standard InChI is InChI=1S/C13H15N3OS/c1-2-12-15-11-8-14-9-16(11)18(12)13(17)10-6-4-3-5-7-10/h3-9,13,17-18H,2H2,1H3. The number of nitrogens with zero attached hydrogens (tertiary/aromatic N) is 3. The van der Waals surface area contributed by atoms with Crippen molar-refractivity contribution in [1.82, 2.24) is 8.96 Å². The van der Waals surface area contributed by atoms with Crippen LogP contribution in [0.4, 0.5) is 5.82 Å². The molecule has 1 aliphatic rings. The summed E-state index contributed by atoms with van der Waals surface area (Å²) in [5.41, 5.74) is 0.418. The molecule has 3 rings (SSSR count). The number of rotatable bonds is 3. The first-order chi connectivity index (χ1) is 8.81. The van der Waals surface area contributed by atoms with Gasteiger partial charge in [0, 0.05) is 0 Å². The summed E-state index contributed by atoms with van der Waals surface area (Å²) in [6.45, 7) is 2.08. The zero-order chi connectivity index (χ0) is 12.5. The summed E-state index contributed by atoms with van der Waals surface area (Å²) in [6.07, 6.45) is 4.37. The topological polar surface area (TPSA) is 50.4 Å². The Kier molecular flexibility index (Phi) is 2.93. The minimum Gasteiger partial charge on any atom is -0.378 e. The second-order valence-electron chi connectivity index (χ2n) is 4.11. The first-order valence-corrected chi connectivity index (χ1v) is 7.30. The summed E-state index contributed by atoms with van der Waals surface area (Å²) < 4.78 is 2.01. The molecule has 2 heterocycles. The van der Waals surface area contributed by atoms with Gasteiger partial charge in [0.05, 0.1) is 11.2 Å². The normalized spacial score (nSPS) is 21.4. The Balaban J connectivity index is 1.99. The van der Waals surface area contributed by atoms with E-state index in [0.29, 0.717) is 0 Å². The largest absolute Gasteiger partial charge is 0.378 e. The van der Waals surface area contributed by atoms with Crippen LogP contribution in [0.5, 0.6) is 0 Å². The van der Waals surface area contributed by atoms with Gasteiger partial charge in [0.2, 0.25) is 0 Å². The van der Waals surface area contributed by atoms with E-state index in [9.17, 15) is 5.11 Å². The molecule has 2 atom stereocenters. The Morgan fingerprint density at radius 3 is 2.83 bits per heavy atom.